The Balaban J connectivity index is 0. The highest BCUT2D eigenvalue weighted by molar-refractivity contribution is 5.81. The SMILES string of the molecule is CNC(CCC([NH3+])=O)C(C)=O.[Cl-]. The Kier molecular flexibility index (Phi) is 8.47. The normalized spacial score (nSPS) is 11.6. The monoisotopic (exact) mass is 194 g/mol. The van der Waals surface area contributed by atoms with Crippen LogP contribution in [0.4, 0.5) is 0 Å². The van der Waals surface area contributed by atoms with E-state index in [0.717, 1.165) is 0 Å². The molecule has 0 aliphatic carbocycles. The van der Waals surface area contributed by atoms with Gasteiger partial charge >= 0.3 is 5.91 Å². The largest absolute Gasteiger partial charge is 1.00 e. The van der Waals surface area contributed by atoms with Crippen molar-refractivity contribution in [3.63, 3.8) is 0 Å². The van der Waals surface area contributed by atoms with Gasteiger partial charge in [-0.05, 0) is 20.4 Å². The summed E-state index contributed by atoms with van der Waals surface area (Å²) in [7, 11) is 1.71. The first-order valence-electron chi connectivity index (χ1n) is 3.60. The lowest BCUT2D eigenvalue weighted by Gasteiger charge is -2.09. The molecule has 0 bridgehead atoms. The van der Waals surface area contributed by atoms with E-state index in [1.807, 2.05) is 0 Å². The maximum Gasteiger partial charge on any atom is 0.308 e. The van der Waals surface area contributed by atoms with Crippen LogP contribution >= 0.6 is 0 Å². The highest BCUT2D eigenvalue weighted by Gasteiger charge is 2.12. The molecular weight excluding hydrogens is 180 g/mol. The molecule has 1 amide bonds. The number of carbonyl (C=O) groups is 2. The van der Waals surface area contributed by atoms with Gasteiger partial charge in [0.25, 0.3) is 0 Å². The molecule has 0 fully saturated rings. The Hall–Kier alpha value is -0.450. The van der Waals surface area contributed by atoms with Crippen LogP contribution in [-0.2, 0) is 9.59 Å². The van der Waals surface area contributed by atoms with Crippen molar-refractivity contribution in [1.29, 1.82) is 0 Å². The number of hydrogen-bond acceptors (Lipinski definition) is 3. The van der Waals surface area contributed by atoms with E-state index in [4.69, 9.17) is 0 Å². The van der Waals surface area contributed by atoms with Crippen molar-refractivity contribution < 1.29 is 27.7 Å². The van der Waals surface area contributed by atoms with E-state index < -0.39 is 0 Å². The second-order valence-electron chi connectivity index (χ2n) is 2.53. The maximum atomic E-state index is 10.8. The third kappa shape index (κ3) is 6.27. The van der Waals surface area contributed by atoms with Crippen molar-refractivity contribution in [3.8, 4) is 0 Å². The summed E-state index contributed by atoms with van der Waals surface area (Å²) >= 11 is 0. The molecule has 1 atom stereocenters. The van der Waals surface area contributed by atoms with Gasteiger partial charge in [-0.15, -0.1) is 0 Å². The highest BCUT2D eigenvalue weighted by Crippen LogP contribution is 1.96. The lowest BCUT2D eigenvalue weighted by atomic mass is 10.1. The highest BCUT2D eigenvalue weighted by atomic mass is 35.5. The molecule has 1 unspecified atom stereocenters. The van der Waals surface area contributed by atoms with Crippen molar-refractivity contribution in [1.82, 2.24) is 5.32 Å². The summed E-state index contributed by atoms with van der Waals surface area (Å²) in [4.78, 5) is 21.2. The van der Waals surface area contributed by atoms with Crippen LogP contribution in [0, 0.1) is 0 Å². The van der Waals surface area contributed by atoms with E-state index in [0.29, 0.717) is 12.8 Å². The summed E-state index contributed by atoms with van der Waals surface area (Å²) in [6.07, 6.45) is 0.916. The van der Waals surface area contributed by atoms with Crippen LogP contribution in [-0.4, -0.2) is 24.8 Å². The number of rotatable bonds is 5. The molecule has 12 heavy (non-hydrogen) atoms. The summed E-state index contributed by atoms with van der Waals surface area (Å²) in [5, 5.41) is 2.83. The molecule has 0 spiro atoms. The molecule has 0 rings (SSSR count). The fraction of sp³-hybridized carbons (Fsp3) is 0.714. The van der Waals surface area contributed by atoms with Crippen molar-refractivity contribution in [2.24, 2.45) is 0 Å². The van der Waals surface area contributed by atoms with Crippen LogP contribution in [0.5, 0.6) is 0 Å². The zero-order valence-corrected chi connectivity index (χ0v) is 8.15. The minimum atomic E-state index is -0.194. The fourth-order valence-corrected chi connectivity index (χ4v) is 0.856. The summed E-state index contributed by atoms with van der Waals surface area (Å²) in [5.74, 6) is -0.0553. The Morgan fingerprint density at radius 1 is 1.50 bits per heavy atom. The molecule has 0 aromatic carbocycles. The number of halogens is 1. The molecule has 0 saturated carbocycles. The number of Topliss-reactive ketones (excluding diaryl/α,β-unsaturated/α-hetero) is 1. The molecule has 0 aromatic heterocycles. The lowest BCUT2D eigenvalue weighted by molar-refractivity contribution is -0.305. The van der Waals surface area contributed by atoms with Crippen LogP contribution in [0.15, 0.2) is 0 Å². The van der Waals surface area contributed by atoms with Gasteiger partial charge in [-0.25, -0.2) is 4.79 Å². The number of hydrogen-bond donors (Lipinski definition) is 2. The van der Waals surface area contributed by atoms with Gasteiger partial charge in [0.1, 0.15) is 5.78 Å². The fourth-order valence-electron chi connectivity index (χ4n) is 0.856. The first-order valence-corrected chi connectivity index (χ1v) is 3.60. The average molecular weight is 195 g/mol. The van der Waals surface area contributed by atoms with Crippen LogP contribution in [0.3, 0.4) is 0 Å². The topological polar surface area (TPSA) is 73.8 Å². The maximum absolute atomic E-state index is 10.8. The minimum Gasteiger partial charge on any atom is -1.00 e. The first-order chi connectivity index (χ1) is 5.07. The van der Waals surface area contributed by atoms with Gasteiger partial charge in [-0.2, -0.15) is 0 Å². The molecule has 0 radical (unpaired) electrons. The van der Waals surface area contributed by atoms with Crippen LogP contribution in [0.2, 0.25) is 0 Å². The van der Waals surface area contributed by atoms with Gasteiger partial charge in [0, 0.05) is 0 Å². The van der Waals surface area contributed by atoms with Crippen LogP contribution in [0.1, 0.15) is 19.8 Å². The number of amides is 1. The molecule has 5 heteroatoms. The van der Waals surface area contributed by atoms with Crippen LogP contribution in [0.25, 0.3) is 0 Å². The molecular formula is C7H15ClN2O2. The minimum absolute atomic E-state index is 0. The third-order valence-corrected chi connectivity index (χ3v) is 1.55. The Labute approximate surface area is 78.3 Å². The third-order valence-electron chi connectivity index (χ3n) is 1.55. The number of quaternary nitrogens is 1. The average Bonchev–Trinajstić information content (AvgIpc) is 1.87. The molecule has 0 aliphatic heterocycles. The van der Waals surface area contributed by atoms with E-state index in [1.165, 1.54) is 6.92 Å². The predicted octanol–water partition coefficient (Wildman–Crippen LogP) is -4.28. The summed E-state index contributed by atoms with van der Waals surface area (Å²) < 4.78 is 0. The van der Waals surface area contributed by atoms with Crippen molar-refractivity contribution in [2.75, 3.05) is 7.05 Å². The van der Waals surface area contributed by atoms with Gasteiger partial charge in [0.15, 0.2) is 0 Å². The molecule has 0 saturated heterocycles. The van der Waals surface area contributed by atoms with Gasteiger partial charge in [0.05, 0.1) is 12.5 Å². The van der Waals surface area contributed by atoms with Gasteiger partial charge in [-0.1, -0.05) is 0 Å². The standard InChI is InChI=1S/C7H14N2O2.ClH/c1-5(10)6(9-2)3-4-7(8)11;/h6,9H,3-4H2,1-2H3,(H2,8,11);1H. The zero-order valence-electron chi connectivity index (χ0n) is 7.39. The van der Waals surface area contributed by atoms with E-state index in [-0.39, 0.29) is 30.1 Å². The summed E-state index contributed by atoms with van der Waals surface area (Å²) in [6, 6.07) is -0.194. The summed E-state index contributed by atoms with van der Waals surface area (Å²) in [6.45, 7) is 1.51. The van der Waals surface area contributed by atoms with Crippen molar-refractivity contribution in [3.05, 3.63) is 0 Å². The van der Waals surface area contributed by atoms with Gasteiger partial charge < -0.3 is 17.7 Å². The number of carbonyl (C=O) groups excluding carboxylic acids is 2. The summed E-state index contributed by atoms with van der Waals surface area (Å²) in [5.41, 5.74) is 3.23. The van der Waals surface area contributed by atoms with E-state index in [9.17, 15) is 9.59 Å². The van der Waals surface area contributed by atoms with Crippen LogP contribution < -0.4 is 23.5 Å². The second kappa shape index (κ2) is 7.21. The molecule has 4 nitrogen and oxygen atoms in total. The quantitative estimate of drug-likeness (QED) is 0.465. The Morgan fingerprint density at radius 3 is 2.25 bits per heavy atom. The molecule has 0 heterocycles. The predicted molar refractivity (Wildman–Crippen MR) is 40.7 cm³/mol. The second-order valence-corrected chi connectivity index (χ2v) is 2.53. The van der Waals surface area contributed by atoms with Crippen molar-refractivity contribution in [2.45, 2.75) is 25.8 Å². The number of likely N-dealkylation sites (N-methyl/N-ethyl adjacent to an activating group) is 1. The van der Waals surface area contributed by atoms with Gasteiger partial charge in [-0.3, -0.25) is 10.5 Å². The molecule has 72 valence electrons. The lowest BCUT2D eigenvalue weighted by Crippen LogP contribution is -3.00. The number of ketones is 1. The first kappa shape index (κ1) is 14.1. The zero-order chi connectivity index (χ0) is 8.85. The molecule has 0 aliphatic rings. The van der Waals surface area contributed by atoms with E-state index in [1.54, 1.807) is 7.05 Å². The Bertz CT molecular complexity index is 161. The number of nitrogens with one attached hydrogen (secondary N) is 1. The van der Waals surface area contributed by atoms with Gasteiger partial charge in [0.2, 0.25) is 0 Å². The van der Waals surface area contributed by atoms with Crippen molar-refractivity contribution >= 4 is 11.7 Å². The smallest absolute Gasteiger partial charge is 0.308 e. The van der Waals surface area contributed by atoms with E-state index in [2.05, 4.69) is 11.1 Å². The Morgan fingerprint density at radius 2 is 2.00 bits per heavy atom. The molecule has 0 aromatic rings. The van der Waals surface area contributed by atoms with E-state index >= 15 is 0 Å². The molecule has 4 N–H and O–H groups in total.